The van der Waals surface area contributed by atoms with Crippen molar-refractivity contribution in [1.29, 1.82) is 0 Å². The Morgan fingerprint density at radius 2 is 2.05 bits per heavy atom. The third-order valence-electron chi connectivity index (χ3n) is 3.76. The van der Waals surface area contributed by atoms with Crippen LogP contribution < -0.4 is 11.1 Å². The highest BCUT2D eigenvalue weighted by Crippen LogP contribution is 2.26. The molecule has 0 bridgehead atoms. The molecule has 0 aliphatic carbocycles. The summed E-state index contributed by atoms with van der Waals surface area (Å²) >= 11 is 0. The Balaban J connectivity index is 2.46. The van der Waals surface area contributed by atoms with Crippen molar-refractivity contribution in [2.75, 3.05) is 25.2 Å². The Kier molecular flexibility index (Phi) is 4.41. The highest BCUT2D eigenvalue weighted by Gasteiger charge is 2.34. The van der Waals surface area contributed by atoms with Crippen LogP contribution in [0.5, 0.6) is 0 Å². The van der Waals surface area contributed by atoms with Gasteiger partial charge in [0.05, 0.1) is 10.5 Å². The van der Waals surface area contributed by atoms with Gasteiger partial charge in [-0.2, -0.15) is 0 Å². The summed E-state index contributed by atoms with van der Waals surface area (Å²) in [6.45, 7) is 0.429. The molecule has 1 aromatic rings. The number of hydrogen-bond acceptors (Lipinski definition) is 5. The molecule has 1 heterocycles. The number of carbonyl (C=O) groups excluding carboxylic acids is 2. The molecule has 7 nitrogen and oxygen atoms in total. The van der Waals surface area contributed by atoms with E-state index in [2.05, 4.69) is 5.32 Å². The molecule has 1 aliphatic rings. The first-order chi connectivity index (χ1) is 10.3. The smallest absolute Gasteiger partial charge is 0.256 e. The average Bonchev–Trinajstić information content (AvgIpc) is 2.94. The monoisotopic (exact) mass is 325 g/mol. The Morgan fingerprint density at radius 3 is 2.59 bits per heavy atom. The first kappa shape index (κ1) is 16.3. The van der Waals surface area contributed by atoms with Crippen molar-refractivity contribution in [2.24, 2.45) is 5.73 Å². The zero-order valence-corrected chi connectivity index (χ0v) is 13.3. The number of benzene rings is 1. The van der Waals surface area contributed by atoms with Gasteiger partial charge in [-0.05, 0) is 31.0 Å². The summed E-state index contributed by atoms with van der Waals surface area (Å²) in [4.78, 5) is 25.6. The van der Waals surface area contributed by atoms with E-state index in [4.69, 9.17) is 5.73 Å². The molecule has 0 aromatic heterocycles. The zero-order valence-electron chi connectivity index (χ0n) is 12.5. The molecule has 22 heavy (non-hydrogen) atoms. The van der Waals surface area contributed by atoms with Gasteiger partial charge in [0.1, 0.15) is 6.04 Å². The van der Waals surface area contributed by atoms with Gasteiger partial charge in [0.25, 0.3) is 5.91 Å². The molecule has 1 aliphatic heterocycles. The van der Waals surface area contributed by atoms with Crippen LogP contribution in [0.1, 0.15) is 23.2 Å². The number of carbonyl (C=O) groups is 2. The van der Waals surface area contributed by atoms with Crippen molar-refractivity contribution >= 4 is 27.3 Å². The van der Waals surface area contributed by atoms with E-state index in [-0.39, 0.29) is 10.5 Å². The van der Waals surface area contributed by atoms with E-state index in [1.165, 1.54) is 17.0 Å². The van der Waals surface area contributed by atoms with Gasteiger partial charge in [-0.3, -0.25) is 9.59 Å². The summed E-state index contributed by atoms with van der Waals surface area (Å²) in [5.74, 6) is -0.938. The maximum Gasteiger partial charge on any atom is 0.256 e. The lowest BCUT2D eigenvalue weighted by Gasteiger charge is -2.23. The molecular formula is C14H19N3O4S. The standard InChI is InChI=1S/C14H19N3O4S/c1-16-11-6-5-9(22(2,20)21)8-10(11)14(19)17-7-3-4-12(17)13(15)18/h5-6,8,12,16H,3-4,7H2,1-2H3,(H2,15,18)/t12-/m1/s1. The minimum Gasteiger partial charge on any atom is -0.387 e. The topological polar surface area (TPSA) is 110 Å². The number of anilines is 1. The number of rotatable bonds is 4. The van der Waals surface area contributed by atoms with E-state index in [1.807, 2.05) is 0 Å². The fraction of sp³-hybridized carbons (Fsp3) is 0.429. The van der Waals surface area contributed by atoms with Crippen LogP contribution in [0.4, 0.5) is 5.69 Å². The molecule has 1 saturated heterocycles. The number of primary amides is 1. The largest absolute Gasteiger partial charge is 0.387 e. The summed E-state index contributed by atoms with van der Waals surface area (Å²) < 4.78 is 23.4. The normalized spacial score (nSPS) is 18.3. The Bertz CT molecular complexity index is 715. The molecule has 0 unspecified atom stereocenters. The maximum atomic E-state index is 12.7. The highest BCUT2D eigenvalue weighted by atomic mass is 32.2. The molecule has 0 radical (unpaired) electrons. The lowest BCUT2D eigenvalue weighted by atomic mass is 10.1. The van der Waals surface area contributed by atoms with Gasteiger partial charge in [-0.25, -0.2) is 8.42 Å². The van der Waals surface area contributed by atoms with Crippen LogP contribution >= 0.6 is 0 Å². The van der Waals surface area contributed by atoms with E-state index >= 15 is 0 Å². The summed E-state index contributed by atoms with van der Waals surface area (Å²) in [7, 11) is -1.79. The minimum absolute atomic E-state index is 0.0599. The van der Waals surface area contributed by atoms with Gasteiger partial charge in [0, 0.05) is 25.5 Å². The summed E-state index contributed by atoms with van der Waals surface area (Å²) in [6.07, 6.45) is 2.30. The zero-order chi connectivity index (χ0) is 16.5. The second kappa shape index (κ2) is 5.96. The van der Waals surface area contributed by atoms with Gasteiger partial charge in [-0.15, -0.1) is 0 Å². The molecular weight excluding hydrogens is 306 g/mol. The van der Waals surface area contributed by atoms with Crippen LogP contribution in [-0.2, 0) is 14.6 Å². The van der Waals surface area contributed by atoms with E-state index in [9.17, 15) is 18.0 Å². The number of amides is 2. The second-order valence-corrected chi connectivity index (χ2v) is 7.30. The molecule has 1 aromatic carbocycles. The van der Waals surface area contributed by atoms with Gasteiger partial charge in [-0.1, -0.05) is 0 Å². The maximum absolute atomic E-state index is 12.7. The first-order valence-electron chi connectivity index (χ1n) is 6.88. The number of hydrogen-bond donors (Lipinski definition) is 2. The van der Waals surface area contributed by atoms with Gasteiger partial charge >= 0.3 is 0 Å². The number of sulfone groups is 1. The summed E-state index contributed by atoms with van der Waals surface area (Å²) in [5, 5.41) is 2.86. The van der Waals surface area contributed by atoms with Crippen LogP contribution in [0.15, 0.2) is 23.1 Å². The predicted molar refractivity (Wildman–Crippen MR) is 82.4 cm³/mol. The molecule has 0 spiro atoms. The Labute approximate surface area is 129 Å². The summed E-state index contributed by atoms with van der Waals surface area (Å²) in [5.41, 5.74) is 6.06. The molecule has 2 rings (SSSR count). The minimum atomic E-state index is -3.43. The van der Waals surface area contributed by atoms with E-state index < -0.39 is 27.7 Å². The van der Waals surface area contributed by atoms with Crippen LogP contribution in [0.2, 0.25) is 0 Å². The average molecular weight is 325 g/mol. The molecule has 2 amide bonds. The van der Waals surface area contributed by atoms with E-state index in [1.54, 1.807) is 13.1 Å². The van der Waals surface area contributed by atoms with Crippen molar-refractivity contribution in [1.82, 2.24) is 4.90 Å². The fourth-order valence-corrected chi connectivity index (χ4v) is 3.26. The number of nitrogens with zero attached hydrogens (tertiary/aromatic N) is 1. The van der Waals surface area contributed by atoms with Crippen LogP contribution in [0.25, 0.3) is 0 Å². The number of nitrogens with one attached hydrogen (secondary N) is 1. The van der Waals surface area contributed by atoms with Gasteiger partial charge in [0.15, 0.2) is 9.84 Å². The molecule has 120 valence electrons. The van der Waals surface area contributed by atoms with E-state index in [0.29, 0.717) is 25.1 Å². The third kappa shape index (κ3) is 3.06. The fourth-order valence-electron chi connectivity index (χ4n) is 2.61. The molecule has 0 saturated carbocycles. The van der Waals surface area contributed by atoms with Crippen LogP contribution in [0, 0.1) is 0 Å². The van der Waals surface area contributed by atoms with E-state index in [0.717, 1.165) is 6.26 Å². The van der Waals surface area contributed by atoms with Crippen molar-refractivity contribution in [3.8, 4) is 0 Å². The molecule has 3 N–H and O–H groups in total. The molecule has 1 fully saturated rings. The van der Waals surface area contributed by atoms with Crippen LogP contribution in [-0.4, -0.2) is 51.0 Å². The van der Waals surface area contributed by atoms with Crippen molar-refractivity contribution in [3.63, 3.8) is 0 Å². The Hall–Kier alpha value is -2.09. The van der Waals surface area contributed by atoms with Gasteiger partial charge < -0.3 is 16.0 Å². The Morgan fingerprint density at radius 1 is 1.36 bits per heavy atom. The molecule has 8 heteroatoms. The molecule has 1 atom stereocenters. The van der Waals surface area contributed by atoms with Crippen LogP contribution in [0.3, 0.4) is 0 Å². The predicted octanol–water partition coefficient (Wildman–Crippen LogP) is 0.222. The lowest BCUT2D eigenvalue weighted by molar-refractivity contribution is -0.121. The van der Waals surface area contributed by atoms with Crippen molar-refractivity contribution in [2.45, 2.75) is 23.8 Å². The number of nitrogens with two attached hydrogens (primary N) is 1. The number of likely N-dealkylation sites (tertiary alicyclic amines) is 1. The quantitative estimate of drug-likeness (QED) is 0.823. The van der Waals surface area contributed by atoms with Crippen molar-refractivity contribution < 1.29 is 18.0 Å². The SMILES string of the molecule is CNc1ccc(S(C)(=O)=O)cc1C(=O)N1CCC[C@@H]1C(N)=O. The highest BCUT2D eigenvalue weighted by molar-refractivity contribution is 7.90. The third-order valence-corrected chi connectivity index (χ3v) is 4.87. The lowest BCUT2D eigenvalue weighted by Crippen LogP contribution is -2.43. The first-order valence-corrected chi connectivity index (χ1v) is 8.77. The van der Waals surface area contributed by atoms with Crippen molar-refractivity contribution in [3.05, 3.63) is 23.8 Å². The second-order valence-electron chi connectivity index (χ2n) is 5.29. The van der Waals surface area contributed by atoms with Gasteiger partial charge in [0.2, 0.25) is 5.91 Å². The summed E-state index contributed by atoms with van der Waals surface area (Å²) in [6, 6.07) is 3.67.